The molecule has 0 radical (unpaired) electrons. The number of anilines is 1. The van der Waals surface area contributed by atoms with Crippen molar-refractivity contribution in [2.24, 2.45) is 0 Å². The Labute approximate surface area is 175 Å². The van der Waals surface area contributed by atoms with Crippen molar-refractivity contribution in [3.63, 3.8) is 0 Å². The molecule has 29 heavy (non-hydrogen) atoms. The molecule has 0 fully saturated rings. The fourth-order valence-corrected chi connectivity index (χ4v) is 4.45. The Morgan fingerprint density at radius 2 is 2.14 bits per heavy atom. The Balaban J connectivity index is 1.56. The second-order valence-electron chi connectivity index (χ2n) is 6.47. The molecule has 0 saturated heterocycles. The predicted molar refractivity (Wildman–Crippen MR) is 117 cm³/mol. The van der Waals surface area contributed by atoms with Gasteiger partial charge in [-0.1, -0.05) is 30.0 Å². The average molecular weight is 426 g/mol. The van der Waals surface area contributed by atoms with E-state index in [1.54, 1.807) is 28.0 Å². The summed E-state index contributed by atoms with van der Waals surface area (Å²) in [6.07, 6.45) is 0.740. The topological polar surface area (TPSA) is 92.7 Å². The highest BCUT2D eigenvalue weighted by Gasteiger charge is 2.14. The number of nitrogens with one attached hydrogen (secondary N) is 2. The maximum absolute atomic E-state index is 13.0. The summed E-state index contributed by atoms with van der Waals surface area (Å²) in [5, 5.41) is 12.7. The number of fused-ring (bicyclic) bond motifs is 1. The van der Waals surface area contributed by atoms with Gasteiger partial charge in [0.2, 0.25) is 5.91 Å². The van der Waals surface area contributed by atoms with Crippen LogP contribution in [0.25, 0.3) is 10.9 Å². The molecular formula is C20H19N5O2S2. The fraction of sp³-hybridized carbons (Fsp3) is 0.200. The van der Waals surface area contributed by atoms with E-state index in [0.717, 1.165) is 12.1 Å². The van der Waals surface area contributed by atoms with Crippen LogP contribution in [0.1, 0.15) is 10.6 Å². The lowest BCUT2D eigenvalue weighted by Crippen LogP contribution is -2.25. The van der Waals surface area contributed by atoms with Gasteiger partial charge in [-0.05, 0) is 36.9 Å². The van der Waals surface area contributed by atoms with Gasteiger partial charge in [0, 0.05) is 23.2 Å². The first-order valence-corrected chi connectivity index (χ1v) is 10.9. The highest BCUT2D eigenvalue weighted by atomic mass is 32.2. The van der Waals surface area contributed by atoms with Crippen LogP contribution in [-0.2, 0) is 17.8 Å². The summed E-state index contributed by atoms with van der Waals surface area (Å²) in [6.45, 7) is 2.38. The lowest BCUT2D eigenvalue weighted by Gasteiger charge is -2.12. The minimum Gasteiger partial charge on any atom is -0.308 e. The van der Waals surface area contributed by atoms with Gasteiger partial charge in [0.15, 0.2) is 11.0 Å². The SMILES string of the molecule is Cc1cc(NC(=O)CSc2nc3ccccc3c(=O)n2CCc2cccs2)n[nH]1. The molecule has 3 aromatic heterocycles. The normalized spacial score (nSPS) is 11.1. The fourth-order valence-electron chi connectivity index (χ4n) is 2.92. The first kappa shape index (κ1) is 19.4. The van der Waals surface area contributed by atoms with Crippen molar-refractivity contribution >= 4 is 45.7 Å². The second-order valence-corrected chi connectivity index (χ2v) is 8.45. The molecule has 9 heteroatoms. The van der Waals surface area contributed by atoms with Gasteiger partial charge in [-0.3, -0.25) is 19.3 Å². The maximum atomic E-state index is 13.0. The molecule has 4 aromatic rings. The molecule has 0 atom stereocenters. The molecule has 0 aliphatic heterocycles. The summed E-state index contributed by atoms with van der Waals surface area (Å²) in [5.74, 6) is 0.416. The van der Waals surface area contributed by atoms with Gasteiger partial charge < -0.3 is 5.32 Å². The molecule has 3 heterocycles. The number of carbonyl (C=O) groups excluding carboxylic acids is 1. The standard InChI is InChI=1S/C20H19N5O2S2/c1-13-11-17(24-23-13)22-18(26)12-29-20-21-16-7-3-2-6-15(16)19(27)25(20)9-8-14-5-4-10-28-14/h2-7,10-11H,8-9,12H2,1H3,(H2,22,23,24,26). The van der Waals surface area contributed by atoms with E-state index in [2.05, 4.69) is 26.6 Å². The molecule has 1 aromatic carbocycles. The molecule has 0 aliphatic rings. The van der Waals surface area contributed by atoms with Crippen LogP contribution >= 0.6 is 23.1 Å². The zero-order chi connectivity index (χ0) is 20.2. The largest absolute Gasteiger partial charge is 0.308 e. The number of nitrogens with zero attached hydrogens (tertiary/aromatic N) is 3. The highest BCUT2D eigenvalue weighted by molar-refractivity contribution is 7.99. The number of H-pyrrole nitrogens is 1. The summed E-state index contributed by atoms with van der Waals surface area (Å²) >= 11 is 2.92. The van der Waals surface area contributed by atoms with Crippen LogP contribution in [-0.4, -0.2) is 31.4 Å². The minimum atomic E-state index is -0.200. The zero-order valence-corrected chi connectivity index (χ0v) is 17.3. The van der Waals surface area contributed by atoms with E-state index in [4.69, 9.17) is 0 Å². The number of carbonyl (C=O) groups is 1. The van der Waals surface area contributed by atoms with Crippen LogP contribution in [0.4, 0.5) is 5.82 Å². The van der Waals surface area contributed by atoms with Gasteiger partial charge in [0.05, 0.1) is 16.7 Å². The third kappa shape index (κ3) is 4.57. The van der Waals surface area contributed by atoms with Crippen LogP contribution in [0.2, 0.25) is 0 Å². The molecule has 4 rings (SSSR count). The summed E-state index contributed by atoms with van der Waals surface area (Å²) in [5.41, 5.74) is 1.42. The van der Waals surface area contributed by atoms with Crippen molar-refractivity contribution in [2.75, 3.05) is 11.1 Å². The van der Waals surface area contributed by atoms with Crippen molar-refractivity contribution in [2.45, 2.75) is 25.0 Å². The van der Waals surface area contributed by atoms with Crippen LogP contribution < -0.4 is 10.9 Å². The molecule has 7 nitrogen and oxygen atoms in total. The van der Waals surface area contributed by atoms with Gasteiger partial charge in [-0.2, -0.15) is 5.10 Å². The molecule has 0 saturated carbocycles. The molecular weight excluding hydrogens is 406 g/mol. The van der Waals surface area contributed by atoms with Crippen LogP contribution in [0.3, 0.4) is 0 Å². The number of aromatic amines is 1. The van der Waals surface area contributed by atoms with Crippen LogP contribution in [0.15, 0.2) is 57.8 Å². The molecule has 0 spiro atoms. The summed E-state index contributed by atoms with van der Waals surface area (Å²) in [4.78, 5) is 31.2. The lowest BCUT2D eigenvalue weighted by atomic mass is 10.2. The third-order valence-corrected chi connectivity index (χ3v) is 6.21. The molecule has 0 unspecified atom stereocenters. The molecule has 0 aliphatic carbocycles. The van der Waals surface area contributed by atoms with Crippen molar-refractivity contribution in [3.05, 3.63) is 68.8 Å². The van der Waals surface area contributed by atoms with E-state index in [0.29, 0.717) is 28.4 Å². The molecule has 1 amide bonds. The predicted octanol–water partition coefficient (Wildman–Crippen LogP) is 3.46. The van der Waals surface area contributed by atoms with Crippen LogP contribution in [0.5, 0.6) is 0 Å². The number of aromatic nitrogens is 4. The highest BCUT2D eigenvalue weighted by Crippen LogP contribution is 2.19. The van der Waals surface area contributed by atoms with E-state index < -0.39 is 0 Å². The van der Waals surface area contributed by atoms with Gasteiger partial charge in [-0.15, -0.1) is 11.3 Å². The van der Waals surface area contributed by atoms with E-state index in [-0.39, 0.29) is 17.2 Å². The minimum absolute atomic E-state index is 0.0852. The quantitative estimate of drug-likeness (QED) is 0.349. The van der Waals surface area contributed by atoms with E-state index in [1.807, 2.05) is 36.6 Å². The van der Waals surface area contributed by atoms with Crippen LogP contribution in [0, 0.1) is 6.92 Å². The van der Waals surface area contributed by atoms with Crippen molar-refractivity contribution in [1.29, 1.82) is 0 Å². The van der Waals surface area contributed by atoms with E-state index in [1.165, 1.54) is 16.6 Å². The Morgan fingerprint density at radius 1 is 1.28 bits per heavy atom. The summed E-state index contributed by atoms with van der Waals surface area (Å²) in [6, 6.07) is 13.1. The monoisotopic (exact) mass is 425 g/mol. The number of amides is 1. The number of thioether (sulfide) groups is 1. The van der Waals surface area contributed by atoms with E-state index in [9.17, 15) is 9.59 Å². The van der Waals surface area contributed by atoms with E-state index >= 15 is 0 Å². The van der Waals surface area contributed by atoms with Gasteiger partial charge in [-0.25, -0.2) is 4.98 Å². The Morgan fingerprint density at radius 3 is 2.90 bits per heavy atom. The van der Waals surface area contributed by atoms with Gasteiger partial charge >= 0.3 is 0 Å². The number of hydrogen-bond acceptors (Lipinski definition) is 6. The molecule has 2 N–H and O–H groups in total. The number of rotatable bonds is 7. The third-order valence-electron chi connectivity index (χ3n) is 4.29. The Kier molecular flexibility index (Phi) is 5.77. The number of para-hydroxylation sites is 1. The van der Waals surface area contributed by atoms with Crippen molar-refractivity contribution in [3.8, 4) is 0 Å². The lowest BCUT2D eigenvalue weighted by molar-refractivity contribution is -0.113. The Hall–Kier alpha value is -2.91. The second kappa shape index (κ2) is 8.62. The number of hydrogen-bond donors (Lipinski definition) is 2. The molecule has 148 valence electrons. The number of thiophene rings is 1. The first-order chi connectivity index (χ1) is 14.1. The smallest absolute Gasteiger partial charge is 0.262 e. The maximum Gasteiger partial charge on any atom is 0.262 e. The first-order valence-electron chi connectivity index (χ1n) is 9.07. The van der Waals surface area contributed by atoms with Crippen molar-refractivity contribution in [1.82, 2.24) is 19.7 Å². The molecule has 0 bridgehead atoms. The Bertz CT molecular complexity index is 1200. The number of benzene rings is 1. The number of aryl methyl sites for hydroxylation is 2. The van der Waals surface area contributed by atoms with Gasteiger partial charge in [0.1, 0.15) is 0 Å². The summed E-state index contributed by atoms with van der Waals surface area (Å²) in [7, 11) is 0. The summed E-state index contributed by atoms with van der Waals surface area (Å²) < 4.78 is 1.67. The average Bonchev–Trinajstić information content (AvgIpc) is 3.37. The van der Waals surface area contributed by atoms with Gasteiger partial charge in [0.25, 0.3) is 5.56 Å². The van der Waals surface area contributed by atoms with Crippen molar-refractivity contribution < 1.29 is 4.79 Å². The zero-order valence-electron chi connectivity index (χ0n) is 15.7.